The molecule has 0 radical (unpaired) electrons. The average molecular weight is 321 g/mol. The van der Waals surface area contributed by atoms with Gasteiger partial charge in [0.2, 0.25) is 0 Å². The maximum Gasteiger partial charge on any atom is 0.200 e. The first-order chi connectivity index (χ1) is 9.20. The smallest absolute Gasteiger partial charge is 0.200 e. The quantitative estimate of drug-likeness (QED) is 0.788. The first-order valence-electron chi connectivity index (χ1n) is 5.75. The highest BCUT2D eigenvalue weighted by Crippen LogP contribution is 2.25. The maximum absolute atomic E-state index is 12.0. The number of carbonyl (C=O) groups excluding carboxylic acids is 1. The zero-order chi connectivity index (χ0) is 13.7. The van der Waals surface area contributed by atoms with Gasteiger partial charge in [0.05, 0.1) is 7.11 Å². The van der Waals surface area contributed by atoms with Crippen LogP contribution in [0.4, 0.5) is 0 Å². The largest absolute Gasteiger partial charge is 0.493 e. The molecule has 2 aromatic carbocycles. The first-order valence-corrected chi connectivity index (χ1v) is 6.54. The topological polar surface area (TPSA) is 35.5 Å². The van der Waals surface area contributed by atoms with Gasteiger partial charge >= 0.3 is 0 Å². The Morgan fingerprint density at radius 1 is 1.11 bits per heavy atom. The van der Waals surface area contributed by atoms with Crippen LogP contribution in [0.3, 0.4) is 0 Å². The molecule has 0 bridgehead atoms. The summed E-state index contributed by atoms with van der Waals surface area (Å²) in [5.74, 6) is 1.10. The van der Waals surface area contributed by atoms with Crippen molar-refractivity contribution < 1.29 is 14.3 Å². The van der Waals surface area contributed by atoms with E-state index in [2.05, 4.69) is 15.9 Å². The number of rotatable bonds is 5. The first kappa shape index (κ1) is 13.6. The van der Waals surface area contributed by atoms with Crippen molar-refractivity contribution in [2.45, 2.75) is 0 Å². The number of ether oxygens (including phenoxy) is 2. The molecule has 0 heterocycles. The minimum atomic E-state index is -0.0767. The number of hydrogen-bond acceptors (Lipinski definition) is 3. The Bertz CT molecular complexity index is 581. The Balaban J connectivity index is 2.04. The molecule has 0 amide bonds. The van der Waals surface area contributed by atoms with Gasteiger partial charge in [-0.05, 0) is 24.3 Å². The molecule has 2 aromatic rings. The lowest BCUT2D eigenvalue weighted by Crippen LogP contribution is -2.11. The van der Waals surface area contributed by atoms with Crippen LogP contribution in [0.5, 0.6) is 11.5 Å². The molecule has 2 rings (SSSR count). The number of halogens is 1. The number of ketones is 1. The number of methoxy groups -OCH3 is 1. The van der Waals surface area contributed by atoms with Gasteiger partial charge in [0.25, 0.3) is 0 Å². The summed E-state index contributed by atoms with van der Waals surface area (Å²) in [6.45, 7) is -0.0170. The van der Waals surface area contributed by atoms with Crippen molar-refractivity contribution in [3.63, 3.8) is 0 Å². The summed E-state index contributed by atoms with van der Waals surface area (Å²) in [6.07, 6.45) is 0. The SMILES string of the molecule is COc1ccccc1OCC(=O)c1cccc(Br)c1. The van der Waals surface area contributed by atoms with Gasteiger partial charge in [0, 0.05) is 10.0 Å². The van der Waals surface area contributed by atoms with E-state index in [0.717, 1.165) is 4.47 Å². The van der Waals surface area contributed by atoms with Gasteiger partial charge in [-0.15, -0.1) is 0 Å². The Morgan fingerprint density at radius 3 is 2.53 bits per heavy atom. The van der Waals surface area contributed by atoms with Crippen LogP contribution in [0.2, 0.25) is 0 Å². The third-order valence-corrected chi connectivity index (χ3v) is 3.07. The van der Waals surface area contributed by atoms with E-state index in [-0.39, 0.29) is 12.4 Å². The van der Waals surface area contributed by atoms with Crippen LogP contribution < -0.4 is 9.47 Å². The van der Waals surface area contributed by atoms with E-state index < -0.39 is 0 Å². The van der Waals surface area contributed by atoms with Crippen LogP contribution in [0.15, 0.2) is 53.0 Å². The van der Waals surface area contributed by atoms with E-state index in [9.17, 15) is 4.79 Å². The fourth-order valence-electron chi connectivity index (χ4n) is 1.63. The van der Waals surface area contributed by atoms with Crippen LogP contribution in [0.25, 0.3) is 0 Å². The van der Waals surface area contributed by atoms with Gasteiger partial charge in [-0.25, -0.2) is 0 Å². The van der Waals surface area contributed by atoms with E-state index in [4.69, 9.17) is 9.47 Å². The van der Waals surface area contributed by atoms with E-state index in [1.54, 1.807) is 31.4 Å². The van der Waals surface area contributed by atoms with Crippen LogP contribution in [-0.4, -0.2) is 19.5 Å². The molecule has 0 N–H and O–H groups in total. The maximum atomic E-state index is 12.0. The van der Waals surface area contributed by atoms with Gasteiger partial charge in [0.15, 0.2) is 23.9 Å². The van der Waals surface area contributed by atoms with Crippen molar-refractivity contribution >= 4 is 21.7 Å². The lowest BCUT2D eigenvalue weighted by molar-refractivity contribution is 0.0919. The normalized spacial score (nSPS) is 10.0. The van der Waals surface area contributed by atoms with Crippen molar-refractivity contribution in [2.75, 3.05) is 13.7 Å². The summed E-state index contributed by atoms with van der Waals surface area (Å²) in [5.41, 5.74) is 0.615. The molecule has 4 heteroatoms. The molecule has 0 saturated heterocycles. The zero-order valence-corrected chi connectivity index (χ0v) is 12.0. The minimum absolute atomic E-state index is 0.0170. The molecular formula is C15H13BrO3. The minimum Gasteiger partial charge on any atom is -0.493 e. The van der Waals surface area contributed by atoms with Crippen LogP contribution in [0, 0.1) is 0 Å². The highest BCUT2D eigenvalue weighted by Gasteiger charge is 2.09. The monoisotopic (exact) mass is 320 g/mol. The lowest BCUT2D eigenvalue weighted by Gasteiger charge is -2.09. The van der Waals surface area contributed by atoms with E-state index in [0.29, 0.717) is 17.1 Å². The molecule has 0 aliphatic rings. The molecule has 0 fully saturated rings. The molecule has 0 aliphatic heterocycles. The Labute approximate surface area is 120 Å². The third-order valence-electron chi connectivity index (χ3n) is 2.57. The Hall–Kier alpha value is -1.81. The van der Waals surface area contributed by atoms with Crippen molar-refractivity contribution in [1.82, 2.24) is 0 Å². The van der Waals surface area contributed by atoms with Gasteiger partial charge < -0.3 is 9.47 Å². The molecular weight excluding hydrogens is 308 g/mol. The Morgan fingerprint density at radius 2 is 1.84 bits per heavy atom. The predicted molar refractivity (Wildman–Crippen MR) is 77.0 cm³/mol. The van der Waals surface area contributed by atoms with Crippen molar-refractivity contribution in [1.29, 1.82) is 0 Å². The highest BCUT2D eigenvalue weighted by molar-refractivity contribution is 9.10. The van der Waals surface area contributed by atoms with E-state index in [1.165, 1.54) is 0 Å². The van der Waals surface area contributed by atoms with E-state index in [1.807, 2.05) is 24.3 Å². The molecule has 0 saturated carbocycles. The van der Waals surface area contributed by atoms with Crippen molar-refractivity contribution in [2.24, 2.45) is 0 Å². The number of carbonyl (C=O) groups is 1. The van der Waals surface area contributed by atoms with Crippen LogP contribution in [-0.2, 0) is 0 Å². The molecule has 98 valence electrons. The fourth-order valence-corrected chi connectivity index (χ4v) is 2.03. The molecule has 0 aromatic heterocycles. The second-order valence-electron chi connectivity index (χ2n) is 3.87. The summed E-state index contributed by atoms with van der Waals surface area (Å²) in [6, 6.07) is 14.5. The van der Waals surface area contributed by atoms with Crippen molar-refractivity contribution in [3.8, 4) is 11.5 Å². The summed E-state index contributed by atoms with van der Waals surface area (Å²) in [4.78, 5) is 12.0. The number of Topliss-reactive ketones (excluding diaryl/α,β-unsaturated/α-hetero) is 1. The van der Waals surface area contributed by atoms with Crippen molar-refractivity contribution in [3.05, 3.63) is 58.6 Å². The summed E-state index contributed by atoms with van der Waals surface area (Å²) in [5, 5.41) is 0. The molecule has 0 spiro atoms. The number of hydrogen-bond donors (Lipinski definition) is 0. The predicted octanol–water partition coefficient (Wildman–Crippen LogP) is 3.72. The molecule has 0 atom stereocenters. The molecule has 0 aliphatic carbocycles. The van der Waals surface area contributed by atoms with Gasteiger partial charge in [0.1, 0.15) is 0 Å². The van der Waals surface area contributed by atoms with Gasteiger partial charge in [-0.2, -0.15) is 0 Å². The van der Waals surface area contributed by atoms with Gasteiger partial charge in [-0.3, -0.25) is 4.79 Å². The van der Waals surface area contributed by atoms with E-state index >= 15 is 0 Å². The Kier molecular flexibility index (Phi) is 4.58. The number of benzene rings is 2. The number of para-hydroxylation sites is 2. The van der Waals surface area contributed by atoms with Gasteiger partial charge in [-0.1, -0.05) is 40.2 Å². The van der Waals surface area contributed by atoms with Crippen LogP contribution >= 0.6 is 15.9 Å². The third kappa shape index (κ3) is 3.58. The highest BCUT2D eigenvalue weighted by atomic mass is 79.9. The summed E-state index contributed by atoms with van der Waals surface area (Å²) < 4.78 is 11.5. The zero-order valence-electron chi connectivity index (χ0n) is 10.4. The fraction of sp³-hybridized carbons (Fsp3) is 0.133. The average Bonchev–Trinajstić information content (AvgIpc) is 2.45. The standard InChI is InChI=1S/C15H13BrO3/c1-18-14-7-2-3-8-15(14)19-10-13(17)11-5-4-6-12(16)9-11/h2-9H,10H2,1H3. The molecule has 3 nitrogen and oxygen atoms in total. The second kappa shape index (κ2) is 6.38. The van der Waals surface area contributed by atoms with Crippen LogP contribution in [0.1, 0.15) is 10.4 Å². The molecule has 0 unspecified atom stereocenters. The summed E-state index contributed by atoms with van der Waals surface area (Å²) in [7, 11) is 1.57. The summed E-state index contributed by atoms with van der Waals surface area (Å²) >= 11 is 3.34. The molecule has 19 heavy (non-hydrogen) atoms. The lowest BCUT2D eigenvalue weighted by atomic mass is 10.1. The second-order valence-corrected chi connectivity index (χ2v) is 4.79.